The average Bonchev–Trinajstić information content (AvgIpc) is 3.14. The quantitative estimate of drug-likeness (QED) is 0.274. The van der Waals surface area contributed by atoms with Gasteiger partial charge in [0.1, 0.15) is 0 Å². The lowest BCUT2D eigenvalue weighted by molar-refractivity contribution is 0.0341. The molecule has 0 aromatic heterocycles. The van der Waals surface area contributed by atoms with Crippen molar-refractivity contribution in [2.24, 2.45) is 0 Å². The maximum atomic E-state index is 14.9. The molecule has 0 amide bonds. The highest BCUT2D eigenvalue weighted by Gasteiger charge is 2.27. The molecule has 9 heteroatoms. The molecule has 0 unspecified atom stereocenters. The van der Waals surface area contributed by atoms with Crippen molar-refractivity contribution in [1.82, 2.24) is 19.6 Å². The predicted octanol–water partition coefficient (Wildman–Crippen LogP) is 4.43. The Morgan fingerprint density at radius 2 is 0.938 bits per heavy atom. The van der Waals surface area contributed by atoms with Crippen LogP contribution in [-0.2, 0) is 22.6 Å². The second-order valence-electron chi connectivity index (χ2n) is 14.2. The minimum Gasteiger partial charge on any atom is -0.379 e. The molecule has 4 fully saturated rings. The topological polar surface area (TPSA) is 55.0 Å². The van der Waals surface area contributed by atoms with Crippen LogP contribution in [0.3, 0.4) is 0 Å². The van der Waals surface area contributed by atoms with Gasteiger partial charge in [-0.3, -0.25) is 24.4 Å². The lowest BCUT2D eigenvalue weighted by Crippen LogP contribution is -2.47. The second-order valence-corrected chi connectivity index (χ2v) is 14.2. The van der Waals surface area contributed by atoms with Gasteiger partial charge in [0.25, 0.3) is 0 Å². The summed E-state index contributed by atoms with van der Waals surface area (Å²) in [4.78, 5) is 29.9. The van der Waals surface area contributed by atoms with Gasteiger partial charge in [-0.2, -0.15) is 0 Å². The van der Waals surface area contributed by atoms with Crippen molar-refractivity contribution in [2.45, 2.75) is 52.6 Å². The van der Waals surface area contributed by atoms with Crippen LogP contribution in [0.25, 0.3) is 0 Å². The third-order valence-electron chi connectivity index (χ3n) is 10.7. The molecule has 2 aromatic rings. The average molecular weight is 661 g/mol. The van der Waals surface area contributed by atoms with E-state index in [4.69, 9.17) is 9.47 Å². The molecule has 4 saturated heterocycles. The molecule has 0 aliphatic carbocycles. The smallest absolute Gasteiger partial charge is 0.197 e. The first-order chi connectivity index (χ1) is 23.6. The molecule has 0 bridgehead atoms. The largest absolute Gasteiger partial charge is 0.379 e. The third kappa shape index (κ3) is 9.37. The molecule has 0 radical (unpaired) electrons. The normalized spacial score (nSPS) is 20.8. The van der Waals surface area contributed by atoms with E-state index in [1.165, 1.54) is 49.9 Å². The van der Waals surface area contributed by atoms with Gasteiger partial charge in [0.2, 0.25) is 0 Å². The van der Waals surface area contributed by atoms with E-state index in [0.29, 0.717) is 0 Å². The van der Waals surface area contributed by atoms with Crippen LogP contribution in [0.4, 0.5) is 11.4 Å². The van der Waals surface area contributed by atoms with Gasteiger partial charge in [-0.15, -0.1) is 0 Å². The number of hydrogen-bond donors (Lipinski definition) is 0. The molecule has 4 aliphatic heterocycles. The Hall–Kier alpha value is -2.53. The monoisotopic (exact) mass is 660 g/mol. The van der Waals surface area contributed by atoms with Crippen LogP contribution in [-0.4, -0.2) is 143 Å². The lowest BCUT2D eigenvalue weighted by Gasteiger charge is -2.38. The number of benzene rings is 2. The molecule has 2 aromatic carbocycles. The van der Waals surface area contributed by atoms with Crippen molar-refractivity contribution in [3.63, 3.8) is 0 Å². The van der Waals surface area contributed by atoms with E-state index in [1.807, 2.05) is 0 Å². The Bertz CT molecular complexity index is 1200. The number of morpholine rings is 2. The summed E-state index contributed by atoms with van der Waals surface area (Å²) >= 11 is 0. The Balaban J connectivity index is 1.28. The van der Waals surface area contributed by atoms with Crippen LogP contribution in [0.2, 0.25) is 0 Å². The van der Waals surface area contributed by atoms with Gasteiger partial charge in [0, 0.05) is 114 Å². The molecule has 4 heterocycles. The molecule has 6 rings (SSSR count). The Kier molecular flexibility index (Phi) is 13.2. The van der Waals surface area contributed by atoms with E-state index in [1.54, 1.807) is 0 Å². The van der Waals surface area contributed by atoms with E-state index in [9.17, 15) is 4.79 Å². The zero-order valence-electron chi connectivity index (χ0n) is 29.8. The van der Waals surface area contributed by atoms with Crippen LogP contribution in [0.1, 0.15) is 66.6 Å². The fraction of sp³-hybridized carbons (Fsp3) is 0.667. The number of carbonyl (C=O) groups is 1. The van der Waals surface area contributed by atoms with Crippen molar-refractivity contribution in [1.29, 1.82) is 0 Å². The standard InChI is InChI=1S/C39H60N6O3/c1-3-5-11-40-13-17-44(18-14-40)37-29-33(31-42-21-25-47-26-22-42)7-9-35(37)39(46)36-10-8-34(32-43-23-27-48-28-24-43)30-38(36)45-19-15-41(16-20-45)12-6-4-2/h7-10,29-30H,3-6,11-28,31-32H2,1-2H3. The summed E-state index contributed by atoms with van der Waals surface area (Å²) in [6.07, 6.45) is 4.94. The number of rotatable bonds is 14. The minimum atomic E-state index is 0.151. The van der Waals surface area contributed by atoms with E-state index in [2.05, 4.69) is 79.6 Å². The van der Waals surface area contributed by atoms with Crippen LogP contribution >= 0.6 is 0 Å². The first kappa shape index (κ1) is 35.3. The first-order valence-electron chi connectivity index (χ1n) is 19.0. The lowest BCUT2D eigenvalue weighted by atomic mass is 9.95. The number of carbonyl (C=O) groups excluding carboxylic acids is 1. The predicted molar refractivity (Wildman–Crippen MR) is 196 cm³/mol. The van der Waals surface area contributed by atoms with Gasteiger partial charge in [-0.05, 0) is 61.3 Å². The van der Waals surface area contributed by atoms with Gasteiger partial charge in [0.05, 0.1) is 26.4 Å². The number of piperazine rings is 2. The van der Waals surface area contributed by atoms with Crippen molar-refractivity contribution in [3.8, 4) is 0 Å². The maximum absolute atomic E-state index is 14.9. The molecular formula is C39H60N6O3. The number of nitrogens with zero attached hydrogens (tertiary/aromatic N) is 6. The summed E-state index contributed by atoms with van der Waals surface area (Å²) in [5.41, 5.74) is 6.45. The van der Waals surface area contributed by atoms with Gasteiger partial charge in [-0.1, -0.05) is 38.8 Å². The summed E-state index contributed by atoms with van der Waals surface area (Å²) in [6, 6.07) is 13.3. The van der Waals surface area contributed by atoms with Crippen molar-refractivity contribution >= 4 is 17.2 Å². The van der Waals surface area contributed by atoms with Crippen LogP contribution in [0, 0.1) is 0 Å². The number of hydrogen-bond acceptors (Lipinski definition) is 9. The summed E-state index contributed by atoms with van der Waals surface area (Å²) < 4.78 is 11.2. The molecule has 0 spiro atoms. The summed E-state index contributed by atoms with van der Waals surface area (Å²) in [6.45, 7) is 23.7. The second kappa shape index (κ2) is 17.9. The van der Waals surface area contributed by atoms with E-state index in [0.717, 1.165) is 141 Å². The Labute approximate surface area is 289 Å². The Morgan fingerprint density at radius 1 is 0.542 bits per heavy atom. The van der Waals surface area contributed by atoms with Crippen molar-refractivity contribution in [2.75, 3.05) is 128 Å². The first-order valence-corrected chi connectivity index (χ1v) is 19.0. The summed E-state index contributed by atoms with van der Waals surface area (Å²) in [7, 11) is 0. The SMILES string of the molecule is CCCCN1CCN(c2cc(CN3CCOCC3)ccc2C(=O)c2ccc(CN3CCOCC3)cc2N2CCN(CCCC)CC2)CC1. The molecule has 48 heavy (non-hydrogen) atoms. The molecule has 0 saturated carbocycles. The van der Waals surface area contributed by atoms with E-state index < -0.39 is 0 Å². The fourth-order valence-electron chi connectivity index (χ4n) is 7.63. The molecule has 4 aliphatic rings. The molecular weight excluding hydrogens is 600 g/mol. The number of anilines is 2. The van der Waals surface area contributed by atoms with Gasteiger partial charge >= 0.3 is 0 Å². The summed E-state index contributed by atoms with van der Waals surface area (Å²) in [5.74, 6) is 0.151. The zero-order chi connectivity index (χ0) is 33.1. The molecule has 9 nitrogen and oxygen atoms in total. The van der Waals surface area contributed by atoms with Gasteiger partial charge < -0.3 is 19.3 Å². The van der Waals surface area contributed by atoms with Crippen LogP contribution in [0.5, 0.6) is 0 Å². The van der Waals surface area contributed by atoms with Crippen molar-refractivity contribution < 1.29 is 14.3 Å². The minimum absolute atomic E-state index is 0.151. The van der Waals surface area contributed by atoms with E-state index in [-0.39, 0.29) is 5.78 Å². The highest BCUT2D eigenvalue weighted by atomic mass is 16.5. The fourth-order valence-corrected chi connectivity index (χ4v) is 7.63. The number of ketones is 1. The molecule has 264 valence electrons. The Morgan fingerprint density at radius 3 is 1.31 bits per heavy atom. The molecule has 0 N–H and O–H groups in total. The van der Waals surface area contributed by atoms with Crippen molar-refractivity contribution in [3.05, 3.63) is 58.7 Å². The number of ether oxygens (including phenoxy) is 2. The van der Waals surface area contributed by atoms with Gasteiger partial charge in [-0.25, -0.2) is 0 Å². The molecule has 0 atom stereocenters. The van der Waals surface area contributed by atoms with Crippen LogP contribution < -0.4 is 9.80 Å². The number of unbranched alkanes of at least 4 members (excludes halogenated alkanes) is 2. The summed E-state index contributed by atoms with van der Waals surface area (Å²) in [5, 5.41) is 0. The van der Waals surface area contributed by atoms with Gasteiger partial charge in [0.15, 0.2) is 5.78 Å². The maximum Gasteiger partial charge on any atom is 0.197 e. The van der Waals surface area contributed by atoms with Crippen LogP contribution in [0.15, 0.2) is 36.4 Å². The third-order valence-corrected chi connectivity index (χ3v) is 10.7. The highest BCUT2D eigenvalue weighted by Crippen LogP contribution is 2.32. The van der Waals surface area contributed by atoms with E-state index >= 15 is 0 Å². The highest BCUT2D eigenvalue weighted by molar-refractivity contribution is 6.15. The zero-order valence-corrected chi connectivity index (χ0v) is 29.8.